The molecule has 0 saturated heterocycles. The van der Waals surface area contributed by atoms with E-state index in [1.807, 2.05) is 0 Å². The minimum absolute atomic E-state index is 0. The molecule has 0 unspecified atom stereocenters. The molecule has 0 radical (unpaired) electrons. The summed E-state index contributed by atoms with van der Waals surface area (Å²) in [4.78, 5) is 0. The Kier molecular flexibility index (Phi) is 1.77. The predicted octanol–water partition coefficient (Wildman–Crippen LogP) is 2.68. The van der Waals surface area contributed by atoms with E-state index in [0.717, 1.165) is 0 Å². The van der Waals surface area contributed by atoms with Crippen LogP contribution in [0.5, 0.6) is 0 Å². The minimum Gasteiger partial charge on any atom is -0.344 e. The normalized spacial score (nSPS) is 17.6. The van der Waals surface area contributed by atoms with Gasteiger partial charge in [0.1, 0.15) is 0 Å². The summed E-state index contributed by atoms with van der Waals surface area (Å²) in [5.41, 5.74) is 3.38. The van der Waals surface area contributed by atoms with Gasteiger partial charge < -0.3 is 6.15 Å². The second-order valence-electron chi connectivity index (χ2n) is 3.76. The maximum absolute atomic E-state index is 2.31. The van der Waals surface area contributed by atoms with Crippen molar-refractivity contribution in [3.05, 3.63) is 35.4 Å². The molecule has 3 N–H and O–H groups in total. The van der Waals surface area contributed by atoms with Crippen LogP contribution in [-0.2, 0) is 11.8 Å². The Hall–Kier alpha value is -0.820. The average molecular weight is 149 g/mol. The summed E-state index contributed by atoms with van der Waals surface area (Å²) in [6.07, 6.45) is 1.22. The third-order valence-electron chi connectivity index (χ3n) is 2.35. The predicted molar refractivity (Wildman–Crippen MR) is 48.2 cm³/mol. The molecule has 0 aliphatic heterocycles. The molecule has 1 aromatic carbocycles. The second-order valence-corrected chi connectivity index (χ2v) is 3.76. The zero-order chi connectivity index (χ0) is 7.19. The molecular formula is C10H15N. The standard InChI is InChI=1S/C10H12.H3N/c1-10(2)7-8-4-3-5-9(10)6-8;/h3-6H,7H2,1-2H3;1H3. The molecule has 1 nitrogen and oxygen atoms in total. The molecule has 1 aliphatic rings. The lowest BCUT2D eigenvalue weighted by Crippen LogP contribution is -2.13. The quantitative estimate of drug-likeness (QED) is 0.604. The van der Waals surface area contributed by atoms with Gasteiger partial charge in [0, 0.05) is 0 Å². The van der Waals surface area contributed by atoms with Gasteiger partial charge in [0.2, 0.25) is 0 Å². The largest absolute Gasteiger partial charge is 0.344 e. The third kappa shape index (κ3) is 1.16. The van der Waals surface area contributed by atoms with Crippen LogP contribution in [0.15, 0.2) is 24.3 Å². The Bertz CT molecular complexity index is 263. The molecule has 0 aromatic heterocycles. The summed E-state index contributed by atoms with van der Waals surface area (Å²) >= 11 is 0. The molecule has 2 bridgehead atoms. The van der Waals surface area contributed by atoms with E-state index < -0.39 is 0 Å². The van der Waals surface area contributed by atoms with Crippen LogP contribution in [0.2, 0.25) is 0 Å². The Balaban J connectivity index is 0.000000605. The Morgan fingerprint density at radius 3 is 2.55 bits per heavy atom. The molecular weight excluding hydrogens is 134 g/mol. The monoisotopic (exact) mass is 149 g/mol. The van der Waals surface area contributed by atoms with E-state index in [2.05, 4.69) is 38.1 Å². The summed E-state index contributed by atoms with van der Waals surface area (Å²) < 4.78 is 0. The molecule has 0 spiro atoms. The number of fused-ring (bicyclic) bond motifs is 2. The highest BCUT2D eigenvalue weighted by atomic mass is 14.3. The number of hydrogen-bond donors (Lipinski definition) is 1. The molecule has 1 aliphatic carbocycles. The number of hydrogen-bond acceptors (Lipinski definition) is 1. The first-order chi connectivity index (χ1) is 4.68. The van der Waals surface area contributed by atoms with Gasteiger partial charge in [-0.1, -0.05) is 38.1 Å². The smallest absolute Gasteiger partial charge is 0.00631 e. The first kappa shape index (κ1) is 8.28. The fraction of sp³-hybridized carbons (Fsp3) is 0.400. The van der Waals surface area contributed by atoms with Crippen LogP contribution in [0.3, 0.4) is 0 Å². The Morgan fingerprint density at radius 1 is 1.27 bits per heavy atom. The van der Waals surface area contributed by atoms with Crippen molar-refractivity contribution in [2.45, 2.75) is 25.7 Å². The van der Waals surface area contributed by atoms with E-state index in [1.165, 1.54) is 17.5 Å². The van der Waals surface area contributed by atoms with Crippen LogP contribution in [0.4, 0.5) is 0 Å². The summed E-state index contributed by atoms with van der Waals surface area (Å²) in [5.74, 6) is 0. The maximum atomic E-state index is 2.31. The molecule has 2 rings (SSSR count). The van der Waals surface area contributed by atoms with Gasteiger partial charge in [-0.2, -0.15) is 0 Å². The minimum atomic E-state index is 0. The van der Waals surface area contributed by atoms with Crippen molar-refractivity contribution in [3.8, 4) is 0 Å². The molecule has 0 heterocycles. The lowest BCUT2D eigenvalue weighted by atomic mass is 9.87. The van der Waals surface area contributed by atoms with Crippen molar-refractivity contribution in [1.29, 1.82) is 0 Å². The van der Waals surface area contributed by atoms with Gasteiger partial charge in [0.25, 0.3) is 0 Å². The van der Waals surface area contributed by atoms with Crippen molar-refractivity contribution < 1.29 is 0 Å². The van der Waals surface area contributed by atoms with Crippen LogP contribution in [-0.4, -0.2) is 0 Å². The van der Waals surface area contributed by atoms with E-state index in [4.69, 9.17) is 0 Å². The average Bonchev–Trinajstić information content (AvgIpc) is 2.04. The van der Waals surface area contributed by atoms with E-state index in [1.54, 1.807) is 0 Å². The maximum Gasteiger partial charge on any atom is -0.00631 e. The Morgan fingerprint density at radius 2 is 2.00 bits per heavy atom. The SMILES string of the molecule is CC1(C)Cc2cccc1c2.N. The zero-order valence-electron chi connectivity index (χ0n) is 7.22. The van der Waals surface area contributed by atoms with Gasteiger partial charge in [-0.05, 0) is 23.0 Å². The lowest BCUT2D eigenvalue weighted by Gasteiger charge is -2.17. The second kappa shape index (κ2) is 2.35. The molecule has 0 atom stereocenters. The van der Waals surface area contributed by atoms with E-state index in [9.17, 15) is 0 Å². The van der Waals surface area contributed by atoms with Crippen LogP contribution in [0.1, 0.15) is 25.0 Å². The molecule has 1 heteroatoms. The third-order valence-corrected chi connectivity index (χ3v) is 2.35. The van der Waals surface area contributed by atoms with Gasteiger partial charge >= 0.3 is 0 Å². The van der Waals surface area contributed by atoms with E-state index in [-0.39, 0.29) is 6.15 Å². The van der Waals surface area contributed by atoms with Crippen LogP contribution in [0, 0.1) is 0 Å². The molecule has 1 aromatic rings. The number of rotatable bonds is 0. The van der Waals surface area contributed by atoms with Gasteiger partial charge in [-0.3, -0.25) is 0 Å². The fourth-order valence-corrected chi connectivity index (χ4v) is 1.71. The highest BCUT2D eigenvalue weighted by molar-refractivity contribution is 5.37. The molecule has 0 fully saturated rings. The first-order valence-electron chi connectivity index (χ1n) is 3.78. The summed E-state index contributed by atoms with van der Waals surface area (Å²) in [5, 5.41) is 0. The highest BCUT2D eigenvalue weighted by Crippen LogP contribution is 2.34. The van der Waals surface area contributed by atoms with Crippen molar-refractivity contribution in [2.75, 3.05) is 0 Å². The van der Waals surface area contributed by atoms with Crippen molar-refractivity contribution in [3.63, 3.8) is 0 Å². The molecule has 60 valence electrons. The van der Waals surface area contributed by atoms with Crippen LogP contribution >= 0.6 is 0 Å². The van der Waals surface area contributed by atoms with Crippen molar-refractivity contribution in [1.82, 2.24) is 6.15 Å². The zero-order valence-corrected chi connectivity index (χ0v) is 7.22. The van der Waals surface area contributed by atoms with Crippen molar-refractivity contribution >= 4 is 0 Å². The van der Waals surface area contributed by atoms with Crippen molar-refractivity contribution in [2.24, 2.45) is 0 Å². The molecule has 0 saturated carbocycles. The molecule has 0 amide bonds. The summed E-state index contributed by atoms with van der Waals surface area (Å²) in [6.45, 7) is 4.60. The van der Waals surface area contributed by atoms with Gasteiger partial charge in [0.15, 0.2) is 0 Å². The highest BCUT2D eigenvalue weighted by Gasteiger charge is 2.26. The van der Waals surface area contributed by atoms with E-state index in [0.29, 0.717) is 5.41 Å². The van der Waals surface area contributed by atoms with Crippen LogP contribution in [0.25, 0.3) is 0 Å². The van der Waals surface area contributed by atoms with Crippen LogP contribution < -0.4 is 6.15 Å². The van der Waals surface area contributed by atoms with Gasteiger partial charge in [-0.15, -0.1) is 0 Å². The first-order valence-corrected chi connectivity index (χ1v) is 3.78. The summed E-state index contributed by atoms with van der Waals surface area (Å²) in [6, 6.07) is 8.88. The fourth-order valence-electron chi connectivity index (χ4n) is 1.71. The molecule has 11 heavy (non-hydrogen) atoms. The topological polar surface area (TPSA) is 35.0 Å². The van der Waals surface area contributed by atoms with Gasteiger partial charge in [0.05, 0.1) is 0 Å². The van der Waals surface area contributed by atoms with E-state index >= 15 is 0 Å². The summed E-state index contributed by atoms with van der Waals surface area (Å²) in [7, 11) is 0. The lowest BCUT2D eigenvalue weighted by molar-refractivity contribution is 0.547. The Labute approximate surface area is 68.0 Å². The number of benzene rings is 1. The van der Waals surface area contributed by atoms with Gasteiger partial charge in [-0.25, -0.2) is 0 Å².